The van der Waals surface area contributed by atoms with E-state index in [1.54, 1.807) is 6.92 Å². The van der Waals surface area contributed by atoms with E-state index in [1.807, 2.05) is 6.92 Å². The molecular weight excluding hydrogens is 390 g/mol. The molecule has 1 saturated carbocycles. The molecule has 2 amide bonds. The van der Waals surface area contributed by atoms with Crippen LogP contribution in [0, 0.1) is 0 Å². The Morgan fingerprint density at radius 2 is 1.87 bits per heavy atom. The van der Waals surface area contributed by atoms with E-state index in [2.05, 4.69) is 39.8 Å². The Morgan fingerprint density at radius 1 is 1.13 bits per heavy atom. The summed E-state index contributed by atoms with van der Waals surface area (Å²) in [5.41, 5.74) is 2.92. The summed E-state index contributed by atoms with van der Waals surface area (Å²) in [6.07, 6.45) is 8.64. The Morgan fingerprint density at radius 3 is 2.61 bits per heavy atom. The van der Waals surface area contributed by atoms with Crippen molar-refractivity contribution < 1.29 is 14.3 Å². The fourth-order valence-electron chi connectivity index (χ4n) is 6.20. The quantitative estimate of drug-likeness (QED) is 0.711. The summed E-state index contributed by atoms with van der Waals surface area (Å²) in [6.45, 7) is 6.03. The highest BCUT2D eigenvalue weighted by atomic mass is 16.5. The molecule has 6 heteroatoms. The van der Waals surface area contributed by atoms with E-state index in [1.165, 1.54) is 24.0 Å². The second-order valence-corrected chi connectivity index (χ2v) is 9.60. The molecule has 1 aromatic rings. The van der Waals surface area contributed by atoms with E-state index in [0.29, 0.717) is 12.6 Å². The number of piperidine rings is 1. The molecule has 3 unspecified atom stereocenters. The van der Waals surface area contributed by atoms with Crippen molar-refractivity contribution in [3.8, 4) is 0 Å². The average molecular weight is 428 g/mol. The first-order valence-electron chi connectivity index (χ1n) is 12.0. The van der Waals surface area contributed by atoms with Gasteiger partial charge in [-0.1, -0.05) is 37.1 Å². The average Bonchev–Trinajstić information content (AvgIpc) is 2.89. The number of hydrogen-bond acceptors (Lipinski definition) is 4. The van der Waals surface area contributed by atoms with Crippen LogP contribution in [-0.4, -0.2) is 48.7 Å². The number of ether oxygens (including phenoxy) is 1. The van der Waals surface area contributed by atoms with Crippen molar-refractivity contribution in [1.29, 1.82) is 0 Å². The molecule has 0 aromatic heterocycles. The van der Waals surface area contributed by atoms with Crippen molar-refractivity contribution in [2.24, 2.45) is 0 Å². The molecular formula is C25H37N3O3. The Balaban J connectivity index is 1.41. The van der Waals surface area contributed by atoms with Gasteiger partial charge in [-0.3, -0.25) is 4.79 Å². The van der Waals surface area contributed by atoms with Crippen molar-refractivity contribution in [2.45, 2.75) is 88.8 Å². The molecule has 2 fully saturated rings. The maximum Gasteiger partial charge on any atom is 0.407 e. The Kier molecular flexibility index (Phi) is 6.85. The molecule has 0 bridgehead atoms. The highest BCUT2D eigenvalue weighted by Crippen LogP contribution is 2.51. The van der Waals surface area contributed by atoms with Crippen molar-refractivity contribution in [2.75, 3.05) is 19.7 Å². The van der Waals surface area contributed by atoms with E-state index in [9.17, 15) is 9.59 Å². The molecule has 4 rings (SSSR count). The number of carbonyl (C=O) groups is 2. The third-order valence-electron chi connectivity index (χ3n) is 7.65. The van der Waals surface area contributed by atoms with Gasteiger partial charge in [0.15, 0.2) is 0 Å². The van der Waals surface area contributed by atoms with Crippen LogP contribution in [0.4, 0.5) is 4.79 Å². The summed E-state index contributed by atoms with van der Waals surface area (Å²) >= 11 is 0. The van der Waals surface area contributed by atoms with Gasteiger partial charge < -0.3 is 20.3 Å². The fourth-order valence-corrected chi connectivity index (χ4v) is 6.20. The standard InChI is InChI=1S/C25H37N3O3/c1-3-31-24(30)27-19-8-4-5-9-20(16-19)28-14-12-25(13-15-28)17-23(26-18(2)29)21-10-6-7-11-22(21)25/h6-7,10-11,19-20,23H,3-5,8-9,12-17H2,1-2H3,(H,26,29)(H,27,30). The predicted molar refractivity (Wildman–Crippen MR) is 121 cm³/mol. The SMILES string of the molecule is CCOC(=O)NC1CCCCC(N2CCC3(CC2)CC(NC(C)=O)c2ccccc23)C1. The van der Waals surface area contributed by atoms with Gasteiger partial charge in [0.05, 0.1) is 12.6 Å². The summed E-state index contributed by atoms with van der Waals surface area (Å²) in [4.78, 5) is 26.3. The Bertz CT molecular complexity index is 788. The summed E-state index contributed by atoms with van der Waals surface area (Å²) < 4.78 is 5.11. The summed E-state index contributed by atoms with van der Waals surface area (Å²) in [5.74, 6) is 0.0490. The Hall–Kier alpha value is -2.08. The Labute approximate surface area is 186 Å². The molecule has 3 atom stereocenters. The van der Waals surface area contributed by atoms with Crippen molar-refractivity contribution in [3.63, 3.8) is 0 Å². The van der Waals surface area contributed by atoms with Crippen LogP contribution < -0.4 is 10.6 Å². The highest BCUT2D eigenvalue weighted by molar-refractivity contribution is 5.74. The molecule has 2 N–H and O–H groups in total. The topological polar surface area (TPSA) is 70.7 Å². The first-order chi connectivity index (χ1) is 15.0. The highest BCUT2D eigenvalue weighted by Gasteiger charge is 2.46. The molecule has 1 saturated heterocycles. The third-order valence-corrected chi connectivity index (χ3v) is 7.65. The fraction of sp³-hybridized carbons (Fsp3) is 0.680. The summed E-state index contributed by atoms with van der Waals surface area (Å²) in [6, 6.07) is 9.56. The molecule has 6 nitrogen and oxygen atoms in total. The van der Waals surface area contributed by atoms with Crippen LogP contribution in [0.3, 0.4) is 0 Å². The van der Waals surface area contributed by atoms with Gasteiger partial charge in [0, 0.05) is 24.4 Å². The van der Waals surface area contributed by atoms with Crippen LogP contribution in [0.2, 0.25) is 0 Å². The molecule has 1 aromatic carbocycles. The molecule has 1 heterocycles. The monoisotopic (exact) mass is 427 g/mol. The number of benzene rings is 1. The normalized spacial score (nSPS) is 27.9. The lowest BCUT2D eigenvalue weighted by Gasteiger charge is -2.44. The lowest BCUT2D eigenvalue weighted by atomic mass is 9.73. The zero-order chi connectivity index (χ0) is 21.8. The van der Waals surface area contributed by atoms with Gasteiger partial charge in [-0.15, -0.1) is 0 Å². The smallest absolute Gasteiger partial charge is 0.407 e. The third kappa shape index (κ3) is 4.89. The summed E-state index contributed by atoms with van der Waals surface area (Å²) in [5, 5.41) is 6.27. The van der Waals surface area contributed by atoms with Crippen molar-refractivity contribution in [3.05, 3.63) is 35.4 Å². The number of fused-ring (bicyclic) bond motifs is 2. The zero-order valence-corrected chi connectivity index (χ0v) is 19.0. The van der Waals surface area contributed by atoms with Crippen molar-refractivity contribution >= 4 is 12.0 Å². The van der Waals surface area contributed by atoms with Crippen LogP contribution in [0.1, 0.15) is 82.4 Å². The number of nitrogens with zero attached hydrogens (tertiary/aromatic N) is 1. The van der Waals surface area contributed by atoms with Gasteiger partial charge in [-0.2, -0.15) is 0 Å². The largest absolute Gasteiger partial charge is 0.450 e. The molecule has 31 heavy (non-hydrogen) atoms. The lowest BCUT2D eigenvalue weighted by molar-refractivity contribution is -0.119. The van der Waals surface area contributed by atoms with E-state index in [-0.39, 0.29) is 29.5 Å². The van der Waals surface area contributed by atoms with Crippen LogP contribution in [-0.2, 0) is 14.9 Å². The van der Waals surface area contributed by atoms with E-state index >= 15 is 0 Å². The molecule has 2 aliphatic carbocycles. The molecule has 1 spiro atoms. The first kappa shape index (κ1) is 22.1. The van der Waals surface area contributed by atoms with Gasteiger partial charge in [0.1, 0.15) is 0 Å². The van der Waals surface area contributed by atoms with E-state index in [4.69, 9.17) is 4.74 Å². The van der Waals surface area contributed by atoms with Crippen LogP contribution in [0.15, 0.2) is 24.3 Å². The molecule has 1 aliphatic heterocycles. The minimum Gasteiger partial charge on any atom is -0.450 e. The molecule has 3 aliphatic rings. The number of rotatable bonds is 4. The summed E-state index contributed by atoms with van der Waals surface area (Å²) in [7, 11) is 0. The van der Waals surface area contributed by atoms with Gasteiger partial charge in [0.25, 0.3) is 0 Å². The van der Waals surface area contributed by atoms with E-state index < -0.39 is 0 Å². The maximum absolute atomic E-state index is 11.9. The number of hydrogen-bond donors (Lipinski definition) is 2. The first-order valence-corrected chi connectivity index (χ1v) is 12.0. The minimum absolute atomic E-state index is 0.0490. The zero-order valence-electron chi connectivity index (χ0n) is 19.0. The van der Waals surface area contributed by atoms with Gasteiger partial charge in [-0.25, -0.2) is 4.79 Å². The second kappa shape index (κ2) is 9.60. The number of amides is 2. The minimum atomic E-state index is -0.280. The lowest BCUT2D eigenvalue weighted by Crippen LogP contribution is -2.48. The number of alkyl carbamates (subject to hydrolysis) is 1. The van der Waals surface area contributed by atoms with Gasteiger partial charge >= 0.3 is 6.09 Å². The number of nitrogens with one attached hydrogen (secondary N) is 2. The van der Waals surface area contributed by atoms with Crippen LogP contribution >= 0.6 is 0 Å². The number of likely N-dealkylation sites (tertiary alicyclic amines) is 1. The number of carbonyl (C=O) groups excluding carboxylic acids is 2. The van der Waals surface area contributed by atoms with Gasteiger partial charge in [-0.05, 0) is 69.7 Å². The predicted octanol–water partition coefficient (Wildman–Crippen LogP) is 4.05. The van der Waals surface area contributed by atoms with Crippen LogP contribution in [0.5, 0.6) is 0 Å². The molecule has 0 radical (unpaired) electrons. The van der Waals surface area contributed by atoms with Crippen LogP contribution in [0.25, 0.3) is 0 Å². The van der Waals surface area contributed by atoms with Gasteiger partial charge in [0.2, 0.25) is 5.91 Å². The second-order valence-electron chi connectivity index (χ2n) is 9.60. The molecule has 170 valence electrons. The van der Waals surface area contributed by atoms with E-state index in [0.717, 1.165) is 51.6 Å². The van der Waals surface area contributed by atoms with Crippen molar-refractivity contribution in [1.82, 2.24) is 15.5 Å². The maximum atomic E-state index is 11.9.